The number of hydrogen-bond donors (Lipinski definition) is 1. The van der Waals surface area contributed by atoms with E-state index in [1.165, 1.54) is 0 Å². The number of benzene rings is 3. The van der Waals surface area contributed by atoms with Gasteiger partial charge in [0.25, 0.3) is 0 Å². The van der Waals surface area contributed by atoms with Crippen molar-refractivity contribution in [2.24, 2.45) is 5.73 Å². The Bertz CT molecular complexity index is 797. The summed E-state index contributed by atoms with van der Waals surface area (Å²) in [5.41, 5.74) is 7.38. The highest BCUT2D eigenvalue weighted by atomic mass is 14.7. The second kappa shape index (κ2) is 5.40. The van der Waals surface area contributed by atoms with Crippen LogP contribution in [0.25, 0.3) is 10.8 Å². The number of rotatable bonds is 3. The monoisotopic (exact) mass is 272 g/mol. The molecule has 102 valence electrons. The molecule has 0 bridgehead atoms. The summed E-state index contributed by atoms with van der Waals surface area (Å²) < 4.78 is 0. The zero-order valence-electron chi connectivity index (χ0n) is 11.7. The van der Waals surface area contributed by atoms with Crippen LogP contribution >= 0.6 is 0 Å². The molecule has 0 amide bonds. The fraction of sp³-hybridized carbons (Fsp3) is 0.105. The Labute approximate surface area is 124 Å². The molecule has 1 atom stereocenters. The van der Waals surface area contributed by atoms with Gasteiger partial charge in [0, 0.05) is 6.42 Å². The first-order valence-electron chi connectivity index (χ1n) is 6.95. The van der Waals surface area contributed by atoms with Gasteiger partial charge in [0.2, 0.25) is 0 Å². The first kappa shape index (κ1) is 13.4. The van der Waals surface area contributed by atoms with E-state index < -0.39 is 5.54 Å². The van der Waals surface area contributed by atoms with Gasteiger partial charge in [-0.15, -0.1) is 0 Å². The van der Waals surface area contributed by atoms with Crippen molar-refractivity contribution < 1.29 is 0 Å². The van der Waals surface area contributed by atoms with Crippen molar-refractivity contribution in [1.29, 1.82) is 5.26 Å². The smallest absolute Gasteiger partial charge is 0.134 e. The van der Waals surface area contributed by atoms with Gasteiger partial charge < -0.3 is 5.73 Å². The van der Waals surface area contributed by atoms with Crippen molar-refractivity contribution in [3.63, 3.8) is 0 Å². The minimum absolute atomic E-state index is 0.498. The number of fused-ring (bicyclic) bond motifs is 1. The van der Waals surface area contributed by atoms with Crippen molar-refractivity contribution in [3.05, 3.63) is 83.9 Å². The van der Waals surface area contributed by atoms with Crippen LogP contribution in [0, 0.1) is 11.3 Å². The first-order valence-corrected chi connectivity index (χ1v) is 6.95. The van der Waals surface area contributed by atoms with Gasteiger partial charge in [-0.2, -0.15) is 5.26 Å². The summed E-state index contributed by atoms with van der Waals surface area (Å²) >= 11 is 0. The molecule has 0 aliphatic rings. The predicted octanol–water partition coefficient (Wildman–Crippen LogP) is 3.76. The average molecular weight is 272 g/mol. The van der Waals surface area contributed by atoms with Crippen molar-refractivity contribution >= 4 is 10.8 Å². The molecule has 0 heterocycles. The third-order valence-corrected chi connectivity index (χ3v) is 3.80. The fourth-order valence-corrected chi connectivity index (χ4v) is 2.73. The normalized spacial score (nSPS) is 13.5. The van der Waals surface area contributed by atoms with Gasteiger partial charge >= 0.3 is 0 Å². The van der Waals surface area contributed by atoms with Gasteiger partial charge in [-0.3, -0.25) is 0 Å². The van der Waals surface area contributed by atoms with E-state index in [9.17, 15) is 5.26 Å². The Morgan fingerprint density at radius 3 is 2.29 bits per heavy atom. The van der Waals surface area contributed by atoms with Crippen LogP contribution in [0.4, 0.5) is 0 Å². The Hall–Kier alpha value is -2.63. The predicted molar refractivity (Wildman–Crippen MR) is 85.6 cm³/mol. The highest BCUT2D eigenvalue weighted by Crippen LogP contribution is 2.29. The Morgan fingerprint density at radius 1 is 0.857 bits per heavy atom. The Kier molecular flexibility index (Phi) is 3.43. The van der Waals surface area contributed by atoms with Crippen LogP contribution in [0.2, 0.25) is 0 Å². The van der Waals surface area contributed by atoms with Gasteiger partial charge in [-0.05, 0) is 21.9 Å². The number of hydrogen-bond acceptors (Lipinski definition) is 2. The van der Waals surface area contributed by atoms with Crippen molar-refractivity contribution in [3.8, 4) is 6.07 Å². The van der Waals surface area contributed by atoms with Crippen LogP contribution < -0.4 is 5.73 Å². The molecule has 0 spiro atoms. The lowest BCUT2D eigenvalue weighted by Crippen LogP contribution is -2.37. The van der Waals surface area contributed by atoms with E-state index in [2.05, 4.69) is 6.07 Å². The third kappa shape index (κ3) is 2.52. The second-order valence-corrected chi connectivity index (χ2v) is 5.27. The van der Waals surface area contributed by atoms with Crippen LogP contribution in [0.1, 0.15) is 11.1 Å². The minimum atomic E-state index is -1.03. The number of nitrogens with zero attached hydrogens (tertiary/aromatic N) is 1. The molecule has 0 fully saturated rings. The molecule has 0 saturated heterocycles. The zero-order valence-corrected chi connectivity index (χ0v) is 11.7. The van der Waals surface area contributed by atoms with E-state index in [1.54, 1.807) is 0 Å². The molecule has 0 aliphatic carbocycles. The summed E-state index contributed by atoms with van der Waals surface area (Å²) in [4.78, 5) is 0. The van der Waals surface area contributed by atoms with Crippen molar-refractivity contribution in [1.82, 2.24) is 0 Å². The molecule has 21 heavy (non-hydrogen) atoms. The maximum absolute atomic E-state index is 9.68. The molecule has 3 rings (SSSR count). The van der Waals surface area contributed by atoms with Gasteiger partial charge in [-0.1, -0.05) is 72.8 Å². The van der Waals surface area contributed by atoms with Crippen molar-refractivity contribution in [2.75, 3.05) is 0 Å². The average Bonchev–Trinajstić information content (AvgIpc) is 2.55. The van der Waals surface area contributed by atoms with E-state index in [4.69, 9.17) is 5.73 Å². The Morgan fingerprint density at radius 2 is 1.52 bits per heavy atom. The molecule has 0 saturated carbocycles. The molecule has 0 aromatic heterocycles. The van der Waals surface area contributed by atoms with Crippen molar-refractivity contribution in [2.45, 2.75) is 12.0 Å². The number of nitriles is 1. The molecule has 2 nitrogen and oxygen atoms in total. The summed E-state index contributed by atoms with van der Waals surface area (Å²) in [6.45, 7) is 0. The van der Waals surface area contributed by atoms with Crippen LogP contribution in [0.3, 0.4) is 0 Å². The van der Waals surface area contributed by atoms with Crippen LogP contribution in [-0.2, 0) is 12.0 Å². The Balaban J connectivity index is 2.12. The highest BCUT2D eigenvalue weighted by Gasteiger charge is 2.29. The largest absolute Gasteiger partial charge is 0.309 e. The molecule has 0 radical (unpaired) electrons. The second-order valence-electron chi connectivity index (χ2n) is 5.27. The van der Waals surface area contributed by atoms with E-state index in [0.717, 1.165) is 21.9 Å². The van der Waals surface area contributed by atoms with E-state index in [0.29, 0.717) is 6.42 Å². The molecule has 3 aromatic rings. The summed E-state index contributed by atoms with van der Waals surface area (Å²) in [6.07, 6.45) is 0.498. The molecular formula is C19H16N2. The van der Waals surface area contributed by atoms with E-state index in [1.807, 2.05) is 72.8 Å². The molecule has 2 heteroatoms. The standard InChI is InChI=1S/C19H16N2/c20-14-19(21,13-15-7-2-1-3-8-15)18-12-6-10-16-9-4-5-11-17(16)18/h1-12H,13,21H2. The van der Waals surface area contributed by atoms with Crippen LogP contribution in [-0.4, -0.2) is 0 Å². The lowest BCUT2D eigenvalue weighted by molar-refractivity contribution is 0.578. The zero-order chi connectivity index (χ0) is 14.7. The number of nitrogens with two attached hydrogens (primary N) is 1. The lowest BCUT2D eigenvalue weighted by Gasteiger charge is -2.24. The first-order chi connectivity index (χ1) is 10.2. The topological polar surface area (TPSA) is 49.8 Å². The van der Waals surface area contributed by atoms with E-state index >= 15 is 0 Å². The maximum Gasteiger partial charge on any atom is 0.134 e. The summed E-state index contributed by atoms with van der Waals surface area (Å²) in [7, 11) is 0. The van der Waals surface area contributed by atoms with Crippen LogP contribution in [0.15, 0.2) is 72.8 Å². The maximum atomic E-state index is 9.68. The summed E-state index contributed by atoms with van der Waals surface area (Å²) in [5, 5.41) is 11.8. The lowest BCUT2D eigenvalue weighted by atomic mass is 9.83. The SMILES string of the molecule is N#CC(N)(Cc1ccccc1)c1cccc2ccccc12. The van der Waals surface area contributed by atoms with Gasteiger partial charge in [0.15, 0.2) is 0 Å². The highest BCUT2D eigenvalue weighted by molar-refractivity contribution is 5.87. The molecular weight excluding hydrogens is 256 g/mol. The van der Waals surface area contributed by atoms with Gasteiger partial charge in [0.1, 0.15) is 5.54 Å². The third-order valence-electron chi connectivity index (χ3n) is 3.80. The summed E-state index contributed by atoms with van der Waals surface area (Å²) in [5.74, 6) is 0. The van der Waals surface area contributed by atoms with Gasteiger partial charge in [-0.25, -0.2) is 0 Å². The fourth-order valence-electron chi connectivity index (χ4n) is 2.73. The molecule has 2 N–H and O–H groups in total. The molecule has 1 unspecified atom stereocenters. The quantitative estimate of drug-likeness (QED) is 0.789. The molecule has 3 aromatic carbocycles. The van der Waals surface area contributed by atoms with Gasteiger partial charge in [0.05, 0.1) is 6.07 Å². The summed E-state index contributed by atoms with van der Waals surface area (Å²) in [6, 6.07) is 26.2. The minimum Gasteiger partial charge on any atom is -0.309 e. The van der Waals surface area contributed by atoms with E-state index in [-0.39, 0.29) is 0 Å². The molecule has 0 aliphatic heterocycles. The van der Waals surface area contributed by atoms with Crippen LogP contribution in [0.5, 0.6) is 0 Å².